The zero-order valence-corrected chi connectivity index (χ0v) is 11.4. The molecule has 1 aliphatic rings. The van der Waals surface area contributed by atoms with Crippen molar-refractivity contribution in [1.82, 2.24) is 9.55 Å². The second-order valence-electron chi connectivity index (χ2n) is 5.59. The molecule has 0 amide bonds. The Bertz CT molecular complexity index is 696. The Balaban J connectivity index is 2.78. The van der Waals surface area contributed by atoms with Gasteiger partial charge in [-0.05, 0) is 34.5 Å². The quantitative estimate of drug-likeness (QED) is 0.744. The normalized spacial score (nSPS) is 27.2. The lowest BCUT2D eigenvalue weighted by Gasteiger charge is -2.32. The van der Waals surface area contributed by atoms with E-state index in [1.165, 1.54) is 0 Å². The summed E-state index contributed by atoms with van der Waals surface area (Å²) in [7, 11) is -1.56. The van der Waals surface area contributed by atoms with Crippen LogP contribution in [0.15, 0.2) is 0 Å². The Morgan fingerprint density at radius 2 is 1.75 bits per heavy atom. The molecule has 0 saturated carbocycles. The van der Waals surface area contributed by atoms with Crippen LogP contribution >= 0.6 is 0 Å². The minimum atomic E-state index is -5.18. The van der Waals surface area contributed by atoms with Gasteiger partial charge in [0.25, 0.3) is 0 Å². The van der Waals surface area contributed by atoms with E-state index >= 15 is 0 Å². The van der Waals surface area contributed by atoms with Crippen molar-refractivity contribution >= 4 is 12.7 Å². The van der Waals surface area contributed by atoms with E-state index < -0.39 is 55.4 Å². The van der Waals surface area contributed by atoms with Gasteiger partial charge in [-0.3, -0.25) is 0 Å². The maximum Gasteiger partial charge on any atom is 0.516 e. The maximum absolute atomic E-state index is 13.4. The molecule has 2 rings (SSSR count). The second-order valence-corrected chi connectivity index (χ2v) is 5.59. The van der Waals surface area contributed by atoms with Gasteiger partial charge < -0.3 is 13.9 Å². The summed E-state index contributed by atoms with van der Waals surface area (Å²) in [5, 5.41) is 0. The molecule has 0 radical (unpaired) electrons. The monoisotopic (exact) mass is 296 g/mol. The molecule has 112 valence electrons. The number of hydrogen-bond acceptors (Lipinski definition) is 3. The third-order valence-corrected chi connectivity index (χ3v) is 3.63. The van der Waals surface area contributed by atoms with Gasteiger partial charge in [-0.15, -0.1) is 0 Å². The lowest BCUT2D eigenvalue weighted by Crippen LogP contribution is -2.41. The van der Waals surface area contributed by atoms with Gasteiger partial charge in [0.15, 0.2) is 0 Å². The van der Waals surface area contributed by atoms with Gasteiger partial charge in [0, 0.05) is 20.9 Å². The molecule has 0 aromatic carbocycles. The highest BCUT2D eigenvalue weighted by atomic mass is 19.4. The van der Waals surface area contributed by atoms with Gasteiger partial charge in [0.2, 0.25) is 5.82 Å². The molecule has 4 nitrogen and oxygen atoms in total. The lowest BCUT2D eigenvalue weighted by molar-refractivity contribution is -0.146. The summed E-state index contributed by atoms with van der Waals surface area (Å²) in [6.45, 7) is -0.130. The van der Waals surface area contributed by atoms with Crippen molar-refractivity contribution < 1.29 is 30.7 Å². The summed E-state index contributed by atoms with van der Waals surface area (Å²) in [5.74, 6) is -1.84. The van der Waals surface area contributed by atoms with Crippen LogP contribution in [-0.2, 0) is 22.5 Å². The molecule has 2 heterocycles. The van der Waals surface area contributed by atoms with Gasteiger partial charge in [0.1, 0.15) is 0 Å². The summed E-state index contributed by atoms with van der Waals surface area (Å²) < 4.78 is 95.8. The summed E-state index contributed by atoms with van der Waals surface area (Å²) >= 11 is 0. The number of hydrogen-bond donors (Lipinski definition) is 0. The molecule has 0 N–H and O–H groups in total. The van der Waals surface area contributed by atoms with E-state index in [0.29, 0.717) is 0 Å². The van der Waals surface area contributed by atoms with Crippen LogP contribution in [0.2, 0.25) is 0 Å². The van der Waals surface area contributed by atoms with Crippen molar-refractivity contribution in [3.8, 4) is 0 Å². The average Bonchev–Trinajstić information content (AvgIpc) is 2.84. The van der Waals surface area contributed by atoms with Crippen molar-refractivity contribution in [2.75, 3.05) is 0 Å². The number of halogens is 3. The molecular formula is C12H18BF3N2O2. The van der Waals surface area contributed by atoms with Gasteiger partial charge >= 0.3 is 13.3 Å². The Morgan fingerprint density at radius 3 is 2.15 bits per heavy atom. The molecule has 0 unspecified atom stereocenters. The largest absolute Gasteiger partial charge is 0.516 e. The van der Waals surface area contributed by atoms with Crippen molar-refractivity contribution in [2.24, 2.45) is 6.98 Å². The number of imidazole rings is 1. The minimum Gasteiger partial charge on any atom is -0.398 e. The third-order valence-electron chi connectivity index (χ3n) is 3.63. The van der Waals surface area contributed by atoms with Crippen LogP contribution in [-0.4, -0.2) is 27.9 Å². The smallest absolute Gasteiger partial charge is 0.398 e. The Labute approximate surface area is 124 Å². The van der Waals surface area contributed by atoms with Gasteiger partial charge in [-0.2, -0.15) is 13.2 Å². The summed E-state index contributed by atoms with van der Waals surface area (Å²) in [5.41, 5.74) is -3.76. The topological polar surface area (TPSA) is 36.3 Å². The fraction of sp³-hybridized carbons (Fsp3) is 0.750. The second kappa shape index (κ2) is 4.24. The summed E-state index contributed by atoms with van der Waals surface area (Å²) in [4.78, 5) is 3.30. The first kappa shape index (κ1) is 9.09. The highest BCUT2D eigenvalue weighted by Crippen LogP contribution is 2.37. The molecule has 8 heteroatoms. The van der Waals surface area contributed by atoms with Crippen LogP contribution in [0, 0.1) is 6.85 Å². The van der Waals surface area contributed by atoms with Crippen LogP contribution in [0.25, 0.3) is 0 Å². The number of aromatic nitrogens is 2. The van der Waals surface area contributed by atoms with Crippen molar-refractivity contribution in [3.05, 3.63) is 11.5 Å². The van der Waals surface area contributed by atoms with Gasteiger partial charge in [-0.1, -0.05) is 0 Å². The molecule has 0 atom stereocenters. The van der Waals surface area contributed by atoms with E-state index in [2.05, 4.69) is 4.98 Å². The highest BCUT2D eigenvalue weighted by Gasteiger charge is 2.54. The Kier molecular flexibility index (Phi) is 1.93. The predicted octanol–water partition coefficient (Wildman–Crippen LogP) is 2.05. The number of alkyl halides is 3. The molecular weight excluding hydrogens is 272 g/mol. The molecule has 1 fully saturated rings. The molecule has 0 aliphatic carbocycles. The van der Waals surface area contributed by atoms with Crippen molar-refractivity contribution in [3.63, 3.8) is 0 Å². The van der Waals surface area contributed by atoms with E-state index in [1.54, 1.807) is 27.7 Å². The number of rotatable bonds is 1. The minimum absolute atomic E-state index is 0.277. The van der Waals surface area contributed by atoms with Crippen LogP contribution in [0.4, 0.5) is 13.2 Å². The fourth-order valence-electron chi connectivity index (χ4n) is 1.75. The van der Waals surface area contributed by atoms with Crippen LogP contribution in [0.5, 0.6) is 0 Å². The molecule has 0 bridgehead atoms. The van der Waals surface area contributed by atoms with E-state index in [0.717, 1.165) is 0 Å². The lowest BCUT2D eigenvalue weighted by atomic mass is 9.83. The summed E-state index contributed by atoms with van der Waals surface area (Å²) in [6, 6.07) is 0. The van der Waals surface area contributed by atoms with E-state index in [9.17, 15) is 13.2 Å². The van der Waals surface area contributed by atoms with Crippen LogP contribution < -0.4 is 5.59 Å². The van der Waals surface area contributed by atoms with Crippen LogP contribution in [0.3, 0.4) is 0 Å². The Hall–Kier alpha value is -1.02. The third kappa shape index (κ3) is 2.24. The first-order valence-corrected chi connectivity index (χ1v) is 5.85. The highest BCUT2D eigenvalue weighted by molar-refractivity contribution is 6.61. The maximum atomic E-state index is 13.4. The molecule has 1 aromatic rings. The van der Waals surface area contributed by atoms with E-state index in [-0.39, 0.29) is 4.57 Å². The zero-order chi connectivity index (χ0) is 20.5. The number of nitrogens with zero attached hydrogens (tertiary/aromatic N) is 2. The van der Waals surface area contributed by atoms with E-state index in [1.807, 2.05) is 0 Å². The fourth-order valence-corrected chi connectivity index (χ4v) is 1.75. The first-order chi connectivity index (χ1) is 11.3. The van der Waals surface area contributed by atoms with Crippen molar-refractivity contribution in [1.29, 1.82) is 0 Å². The van der Waals surface area contributed by atoms with Crippen LogP contribution in [0.1, 0.15) is 47.4 Å². The average molecular weight is 296 g/mol. The first-order valence-electron chi connectivity index (χ1n) is 8.85. The molecule has 0 spiro atoms. The Morgan fingerprint density at radius 1 is 1.20 bits per heavy atom. The predicted molar refractivity (Wildman–Crippen MR) is 68.7 cm³/mol. The van der Waals surface area contributed by atoms with Crippen molar-refractivity contribution in [2.45, 2.75) is 51.9 Å². The van der Waals surface area contributed by atoms with Gasteiger partial charge in [0.05, 0.1) is 16.8 Å². The van der Waals surface area contributed by atoms with Gasteiger partial charge in [-0.25, -0.2) is 4.98 Å². The van der Waals surface area contributed by atoms with E-state index in [4.69, 9.17) is 17.5 Å². The molecule has 1 aliphatic heterocycles. The molecule has 20 heavy (non-hydrogen) atoms. The molecule has 1 saturated heterocycles. The summed E-state index contributed by atoms with van der Waals surface area (Å²) in [6.07, 6.45) is -5.18. The molecule has 1 aromatic heterocycles. The zero-order valence-electron chi connectivity index (χ0n) is 17.4. The SMILES string of the molecule is [2H]C([2H])([2H])c1c(B2OC(C)(C)C(C)(C)O2)nc(C(F)(F)F)n1C([2H])([2H])[2H]. The standard InChI is InChI=1S/C12H18BF3N2O2/c1-7-8(17-9(18(7)6)12(14,15)16)13-19-10(2,3)11(4,5)20-13/h1-6H3/i1D3,6D3.